The Labute approximate surface area is 105 Å². The SMILES string of the molecule is CNC(CCC1CCC2(CCCC2)O1)C1CC1. The zero-order valence-corrected chi connectivity index (χ0v) is 11.2. The molecule has 2 saturated carbocycles. The van der Waals surface area contributed by atoms with E-state index < -0.39 is 0 Å². The average molecular weight is 237 g/mol. The maximum Gasteiger partial charge on any atom is 0.0687 e. The Hall–Kier alpha value is -0.0800. The van der Waals surface area contributed by atoms with Gasteiger partial charge in [-0.25, -0.2) is 0 Å². The van der Waals surface area contributed by atoms with Crippen LogP contribution in [0.3, 0.4) is 0 Å². The van der Waals surface area contributed by atoms with Crippen LogP contribution in [0.15, 0.2) is 0 Å². The highest BCUT2D eigenvalue weighted by molar-refractivity contribution is 4.93. The van der Waals surface area contributed by atoms with Gasteiger partial charge >= 0.3 is 0 Å². The summed E-state index contributed by atoms with van der Waals surface area (Å²) in [6, 6.07) is 0.763. The first-order valence-corrected chi connectivity index (χ1v) is 7.66. The number of hydrogen-bond acceptors (Lipinski definition) is 2. The van der Waals surface area contributed by atoms with Gasteiger partial charge in [-0.2, -0.15) is 0 Å². The minimum atomic E-state index is 0.333. The van der Waals surface area contributed by atoms with E-state index in [2.05, 4.69) is 12.4 Å². The predicted molar refractivity (Wildman–Crippen MR) is 70.1 cm³/mol. The van der Waals surface area contributed by atoms with Crippen molar-refractivity contribution in [1.29, 1.82) is 0 Å². The Morgan fingerprint density at radius 1 is 1.18 bits per heavy atom. The lowest BCUT2D eigenvalue weighted by molar-refractivity contribution is -0.0402. The van der Waals surface area contributed by atoms with Crippen molar-refractivity contribution in [2.75, 3.05) is 7.05 Å². The normalized spacial score (nSPS) is 33.4. The molecule has 0 radical (unpaired) electrons. The van der Waals surface area contributed by atoms with Gasteiger partial charge in [0.25, 0.3) is 0 Å². The molecule has 1 aliphatic heterocycles. The molecule has 17 heavy (non-hydrogen) atoms. The number of ether oxygens (including phenoxy) is 1. The van der Waals surface area contributed by atoms with E-state index in [0.29, 0.717) is 11.7 Å². The molecule has 2 aliphatic carbocycles. The first-order chi connectivity index (χ1) is 8.31. The molecule has 2 nitrogen and oxygen atoms in total. The van der Waals surface area contributed by atoms with Gasteiger partial charge < -0.3 is 10.1 Å². The Morgan fingerprint density at radius 3 is 2.59 bits per heavy atom. The van der Waals surface area contributed by atoms with Crippen LogP contribution in [0.5, 0.6) is 0 Å². The van der Waals surface area contributed by atoms with Gasteiger partial charge in [-0.15, -0.1) is 0 Å². The molecule has 0 aromatic rings. The molecule has 3 rings (SSSR count). The van der Waals surface area contributed by atoms with E-state index in [1.165, 1.54) is 64.2 Å². The van der Waals surface area contributed by atoms with Crippen molar-refractivity contribution >= 4 is 0 Å². The van der Waals surface area contributed by atoms with Crippen molar-refractivity contribution in [3.63, 3.8) is 0 Å². The highest BCUT2D eigenvalue weighted by Gasteiger charge is 2.42. The Morgan fingerprint density at radius 2 is 1.94 bits per heavy atom. The lowest BCUT2D eigenvalue weighted by atomic mass is 9.97. The maximum absolute atomic E-state index is 6.38. The van der Waals surface area contributed by atoms with Crippen LogP contribution in [-0.2, 0) is 4.74 Å². The summed E-state index contributed by atoms with van der Waals surface area (Å²) in [5, 5.41) is 3.49. The van der Waals surface area contributed by atoms with Gasteiger partial charge in [0.2, 0.25) is 0 Å². The molecular weight excluding hydrogens is 210 g/mol. The summed E-state index contributed by atoms with van der Waals surface area (Å²) in [5.41, 5.74) is 0.333. The van der Waals surface area contributed by atoms with E-state index in [9.17, 15) is 0 Å². The molecule has 0 aromatic heterocycles. The van der Waals surface area contributed by atoms with Crippen molar-refractivity contribution in [3.05, 3.63) is 0 Å². The molecule has 1 heterocycles. The van der Waals surface area contributed by atoms with E-state index in [4.69, 9.17) is 4.74 Å². The minimum absolute atomic E-state index is 0.333. The van der Waals surface area contributed by atoms with Crippen LogP contribution < -0.4 is 5.32 Å². The van der Waals surface area contributed by atoms with Gasteiger partial charge in [-0.3, -0.25) is 0 Å². The van der Waals surface area contributed by atoms with Crippen LogP contribution >= 0.6 is 0 Å². The summed E-state index contributed by atoms with van der Waals surface area (Å²) >= 11 is 0. The Kier molecular flexibility index (Phi) is 3.45. The molecule has 0 bridgehead atoms. The lowest BCUT2D eigenvalue weighted by Crippen LogP contribution is -2.29. The summed E-state index contributed by atoms with van der Waals surface area (Å²) in [4.78, 5) is 0. The van der Waals surface area contributed by atoms with Crippen LogP contribution in [0.2, 0.25) is 0 Å². The summed E-state index contributed by atoms with van der Waals surface area (Å²) < 4.78 is 6.38. The van der Waals surface area contributed by atoms with Gasteiger partial charge in [0, 0.05) is 6.04 Å². The monoisotopic (exact) mass is 237 g/mol. The molecule has 0 amide bonds. The summed E-state index contributed by atoms with van der Waals surface area (Å²) in [7, 11) is 2.12. The van der Waals surface area contributed by atoms with Crippen LogP contribution in [0.1, 0.15) is 64.2 Å². The molecule has 98 valence electrons. The smallest absolute Gasteiger partial charge is 0.0687 e. The average Bonchev–Trinajstić information content (AvgIpc) is 2.96. The molecule has 3 fully saturated rings. The fourth-order valence-corrected chi connectivity index (χ4v) is 3.97. The first kappa shape index (κ1) is 12.0. The predicted octanol–water partition coefficient (Wildman–Crippen LogP) is 3.26. The van der Waals surface area contributed by atoms with Gasteiger partial charge in [0.05, 0.1) is 11.7 Å². The molecular formula is C15H27NO. The third kappa shape index (κ3) is 2.68. The van der Waals surface area contributed by atoms with Crippen molar-refractivity contribution in [3.8, 4) is 0 Å². The molecule has 1 spiro atoms. The van der Waals surface area contributed by atoms with Gasteiger partial charge in [-0.05, 0) is 64.3 Å². The minimum Gasteiger partial charge on any atom is -0.372 e. The Balaban J connectivity index is 1.43. The lowest BCUT2D eigenvalue weighted by Gasteiger charge is -2.24. The fourth-order valence-electron chi connectivity index (χ4n) is 3.97. The molecule has 2 unspecified atom stereocenters. The summed E-state index contributed by atoms with van der Waals surface area (Å²) in [5.74, 6) is 0.974. The second-order valence-corrected chi connectivity index (χ2v) is 6.48. The number of rotatable bonds is 5. The van der Waals surface area contributed by atoms with Crippen LogP contribution in [0.4, 0.5) is 0 Å². The van der Waals surface area contributed by atoms with E-state index in [-0.39, 0.29) is 0 Å². The molecule has 2 atom stereocenters. The van der Waals surface area contributed by atoms with E-state index >= 15 is 0 Å². The van der Waals surface area contributed by atoms with Gasteiger partial charge in [0.15, 0.2) is 0 Å². The van der Waals surface area contributed by atoms with Crippen molar-refractivity contribution in [2.24, 2.45) is 5.92 Å². The van der Waals surface area contributed by atoms with Crippen LogP contribution in [-0.4, -0.2) is 24.8 Å². The van der Waals surface area contributed by atoms with Gasteiger partial charge in [0.1, 0.15) is 0 Å². The van der Waals surface area contributed by atoms with Crippen molar-refractivity contribution in [1.82, 2.24) is 5.32 Å². The van der Waals surface area contributed by atoms with Crippen molar-refractivity contribution in [2.45, 2.75) is 82.0 Å². The fraction of sp³-hybridized carbons (Fsp3) is 1.00. The topological polar surface area (TPSA) is 21.3 Å². The molecule has 2 heteroatoms. The summed E-state index contributed by atoms with van der Waals surface area (Å²) in [6.07, 6.45) is 14.2. The second-order valence-electron chi connectivity index (χ2n) is 6.48. The van der Waals surface area contributed by atoms with Gasteiger partial charge in [-0.1, -0.05) is 12.8 Å². The molecule has 0 aromatic carbocycles. The maximum atomic E-state index is 6.38. The quantitative estimate of drug-likeness (QED) is 0.792. The zero-order chi connectivity index (χ0) is 11.7. The number of nitrogens with one attached hydrogen (secondary N) is 1. The third-order valence-corrected chi connectivity index (χ3v) is 5.21. The zero-order valence-electron chi connectivity index (χ0n) is 11.2. The first-order valence-electron chi connectivity index (χ1n) is 7.66. The summed E-state index contributed by atoms with van der Waals surface area (Å²) in [6.45, 7) is 0. The van der Waals surface area contributed by atoms with Crippen molar-refractivity contribution < 1.29 is 4.74 Å². The third-order valence-electron chi connectivity index (χ3n) is 5.21. The van der Waals surface area contributed by atoms with E-state index in [1.807, 2.05) is 0 Å². The number of hydrogen-bond donors (Lipinski definition) is 1. The van der Waals surface area contributed by atoms with E-state index in [0.717, 1.165) is 12.0 Å². The van der Waals surface area contributed by atoms with Crippen LogP contribution in [0.25, 0.3) is 0 Å². The standard InChI is InChI=1S/C15H27NO/c1-16-14(12-4-5-12)7-6-13-8-11-15(17-13)9-2-3-10-15/h12-14,16H,2-11H2,1H3. The van der Waals surface area contributed by atoms with E-state index in [1.54, 1.807) is 0 Å². The second kappa shape index (κ2) is 4.89. The largest absolute Gasteiger partial charge is 0.372 e. The van der Waals surface area contributed by atoms with Crippen LogP contribution in [0, 0.1) is 5.92 Å². The highest BCUT2D eigenvalue weighted by Crippen LogP contribution is 2.44. The molecule has 3 aliphatic rings. The molecule has 1 N–H and O–H groups in total. The molecule has 1 saturated heterocycles. The Bertz CT molecular complexity index is 256. The highest BCUT2D eigenvalue weighted by atomic mass is 16.5.